The van der Waals surface area contributed by atoms with E-state index in [9.17, 15) is 18.3 Å². The molecule has 1 atom stereocenters. The van der Waals surface area contributed by atoms with Gasteiger partial charge in [0.05, 0.1) is 4.90 Å². The fourth-order valence-corrected chi connectivity index (χ4v) is 5.07. The predicted octanol–water partition coefficient (Wildman–Crippen LogP) is 2.57. The van der Waals surface area contributed by atoms with Gasteiger partial charge in [-0.3, -0.25) is 4.98 Å². The molecule has 8 nitrogen and oxygen atoms in total. The Morgan fingerprint density at radius 1 is 1.25 bits per heavy atom. The Labute approximate surface area is 164 Å². The third kappa shape index (κ3) is 3.90. The van der Waals surface area contributed by atoms with Crippen LogP contribution in [0.5, 0.6) is 5.75 Å². The Bertz CT molecular complexity index is 1000. The van der Waals surface area contributed by atoms with Gasteiger partial charge in [-0.25, -0.2) is 13.2 Å². The van der Waals surface area contributed by atoms with Gasteiger partial charge in [-0.2, -0.15) is 4.31 Å². The first-order chi connectivity index (χ1) is 13.0. The van der Waals surface area contributed by atoms with Gasteiger partial charge < -0.3 is 14.7 Å². The molecule has 2 aromatic rings. The van der Waals surface area contributed by atoms with E-state index in [0.29, 0.717) is 5.39 Å². The number of benzene rings is 1. The molecule has 0 aliphatic carbocycles. The van der Waals surface area contributed by atoms with Crippen LogP contribution in [0.25, 0.3) is 10.9 Å². The highest BCUT2D eigenvalue weighted by atomic mass is 32.2. The maximum atomic E-state index is 13.3. The summed E-state index contributed by atoms with van der Waals surface area (Å²) in [5.41, 5.74) is -0.370. The van der Waals surface area contributed by atoms with Crippen LogP contribution in [0, 0.1) is 0 Å². The van der Waals surface area contributed by atoms with Crippen LogP contribution in [-0.4, -0.2) is 65.1 Å². The second-order valence-electron chi connectivity index (χ2n) is 7.87. The van der Waals surface area contributed by atoms with Crippen LogP contribution >= 0.6 is 0 Å². The van der Waals surface area contributed by atoms with Gasteiger partial charge in [0.1, 0.15) is 16.9 Å². The normalized spacial score (nSPS) is 19.0. The van der Waals surface area contributed by atoms with Gasteiger partial charge in [0.25, 0.3) is 0 Å². The van der Waals surface area contributed by atoms with Crippen molar-refractivity contribution < 1.29 is 23.1 Å². The quantitative estimate of drug-likeness (QED) is 0.821. The number of aromatic hydroxyl groups is 1. The molecule has 1 N–H and O–H groups in total. The Balaban J connectivity index is 1.87. The summed E-state index contributed by atoms with van der Waals surface area (Å²) in [6, 6.07) is 5.55. The van der Waals surface area contributed by atoms with Crippen LogP contribution in [0.1, 0.15) is 27.7 Å². The van der Waals surface area contributed by atoms with Crippen molar-refractivity contribution in [3.05, 3.63) is 30.5 Å². The van der Waals surface area contributed by atoms with Crippen molar-refractivity contribution in [1.82, 2.24) is 14.2 Å². The van der Waals surface area contributed by atoms with Crippen molar-refractivity contribution in [2.24, 2.45) is 0 Å². The zero-order chi connectivity index (χ0) is 20.7. The molecule has 152 valence electrons. The minimum atomic E-state index is -3.84. The van der Waals surface area contributed by atoms with Gasteiger partial charge in [-0.15, -0.1) is 0 Å². The number of fused-ring (bicyclic) bond motifs is 1. The molecule has 1 amide bonds. The number of pyridine rings is 1. The lowest BCUT2D eigenvalue weighted by Gasteiger charge is -2.39. The SMILES string of the molecule is CC1CN(C(=O)OC(C)(C)C)CCN1S(=O)(=O)c1ccc(O)c2ncccc12. The summed E-state index contributed by atoms with van der Waals surface area (Å²) in [7, 11) is -3.84. The minimum Gasteiger partial charge on any atom is -0.506 e. The largest absolute Gasteiger partial charge is 0.506 e. The van der Waals surface area contributed by atoms with Crippen LogP contribution in [0.3, 0.4) is 0 Å². The van der Waals surface area contributed by atoms with Gasteiger partial charge in [-0.05, 0) is 52.0 Å². The first-order valence-corrected chi connectivity index (χ1v) is 10.5. The van der Waals surface area contributed by atoms with E-state index >= 15 is 0 Å². The monoisotopic (exact) mass is 407 g/mol. The van der Waals surface area contributed by atoms with Gasteiger partial charge in [0, 0.05) is 37.3 Å². The lowest BCUT2D eigenvalue weighted by atomic mass is 10.2. The zero-order valence-corrected chi connectivity index (χ0v) is 17.2. The van der Waals surface area contributed by atoms with Crippen molar-refractivity contribution >= 4 is 27.0 Å². The van der Waals surface area contributed by atoms with Crippen molar-refractivity contribution in [3.63, 3.8) is 0 Å². The van der Waals surface area contributed by atoms with Gasteiger partial charge in [0.15, 0.2) is 0 Å². The number of nitrogens with zero attached hydrogens (tertiary/aromatic N) is 3. The summed E-state index contributed by atoms with van der Waals surface area (Å²) in [6.07, 6.45) is 1.05. The number of carbonyl (C=O) groups excluding carboxylic acids is 1. The number of hydrogen-bond donors (Lipinski definition) is 1. The fraction of sp³-hybridized carbons (Fsp3) is 0.474. The summed E-state index contributed by atoms with van der Waals surface area (Å²) in [5.74, 6) is -0.0719. The molecule has 0 bridgehead atoms. The summed E-state index contributed by atoms with van der Waals surface area (Å²) in [4.78, 5) is 18.0. The van der Waals surface area contributed by atoms with E-state index in [2.05, 4.69) is 4.98 Å². The first-order valence-electron chi connectivity index (χ1n) is 9.07. The van der Waals surface area contributed by atoms with E-state index in [1.165, 1.54) is 27.5 Å². The second-order valence-corrected chi connectivity index (χ2v) is 9.73. The predicted molar refractivity (Wildman–Crippen MR) is 105 cm³/mol. The van der Waals surface area contributed by atoms with Crippen molar-refractivity contribution in [1.29, 1.82) is 0 Å². The van der Waals surface area contributed by atoms with Crippen LogP contribution < -0.4 is 0 Å². The highest BCUT2D eigenvalue weighted by Gasteiger charge is 2.37. The lowest BCUT2D eigenvalue weighted by molar-refractivity contribution is 0.0143. The molecular weight excluding hydrogens is 382 g/mol. The zero-order valence-electron chi connectivity index (χ0n) is 16.4. The molecule has 2 heterocycles. The lowest BCUT2D eigenvalue weighted by Crippen LogP contribution is -2.56. The highest BCUT2D eigenvalue weighted by Crippen LogP contribution is 2.31. The first kappa shape index (κ1) is 20.3. The van der Waals surface area contributed by atoms with Gasteiger partial charge >= 0.3 is 6.09 Å². The van der Waals surface area contributed by atoms with Gasteiger partial charge in [-0.1, -0.05) is 0 Å². The van der Waals surface area contributed by atoms with E-state index in [1.54, 1.807) is 39.8 Å². The van der Waals surface area contributed by atoms with E-state index in [1.807, 2.05) is 0 Å². The third-order valence-corrected chi connectivity index (χ3v) is 6.58. The topological polar surface area (TPSA) is 100 Å². The summed E-state index contributed by atoms with van der Waals surface area (Å²) in [5, 5.41) is 10.3. The molecule has 0 saturated carbocycles. The van der Waals surface area contributed by atoms with Crippen LogP contribution in [0.15, 0.2) is 35.4 Å². The number of piperazine rings is 1. The number of phenols is 1. The number of carbonyl (C=O) groups is 1. The highest BCUT2D eigenvalue weighted by molar-refractivity contribution is 7.89. The number of sulfonamides is 1. The van der Waals surface area contributed by atoms with Crippen LogP contribution in [0.4, 0.5) is 4.79 Å². The van der Waals surface area contributed by atoms with Crippen molar-refractivity contribution in [3.8, 4) is 5.75 Å². The molecule has 1 aromatic carbocycles. The molecule has 1 aliphatic heterocycles. The number of rotatable bonds is 2. The Hall–Kier alpha value is -2.39. The van der Waals surface area contributed by atoms with Gasteiger partial charge in [0.2, 0.25) is 10.0 Å². The number of hydrogen-bond acceptors (Lipinski definition) is 6. The Morgan fingerprint density at radius 3 is 2.61 bits per heavy atom. The molecule has 1 aliphatic rings. The maximum absolute atomic E-state index is 13.3. The Kier molecular flexibility index (Phi) is 5.24. The fourth-order valence-electron chi connectivity index (χ4n) is 3.27. The van der Waals surface area contributed by atoms with E-state index in [0.717, 1.165) is 0 Å². The number of ether oxygens (including phenoxy) is 1. The third-order valence-electron chi connectivity index (χ3n) is 4.51. The van der Waals surface area contributed by atoms with Crippen molar-refractivity contribution in [2.75, 3.05) is 19.6 Å². The molecule has 1 saturated heterocycles. The average Bonchev–Trinajstić information content (AvgIpc) is 2.60. The molecule has 9 heteroatoms. The standard InChI is InChI=1S/C19H25N3O5S/c1-13-12-21(18(24)27-19(2,3)4)10-11-22(13)28(25,26)16-8-7-15(23)17-14(16)6-5-9-20-17/h5-9,13,23H,10-12H2,1-4H3. The molecule has 1 aromatic heterocycles. The van der Waals surface area contributed by atoms with E-state index in [-0.39, 0.29) is 35.8 Å². The summed E-state index contributed by atoms with van der Waals surface area (Å²) in [6.45, 7) is 7.77. The number of aromatic nitrogens is 1. The maximum Gasteiger partial charge on any atom is 0.410 e. The number of amides is 1. The minimum absolute atomic E-state index is 0.0719. The average molecular weight is 407 g/mol. The number of phenolic OH excluding ortho intramolecular Hbond substituents is 1. The molecule has 0 spiro atoms. The molecule has 1 unspecified atom stereocenters. The Morgan fingerprint density at radius 2 is 1.96 bits per heavy atom. The molecule has 28 heavy (non-hydrogen) atoms. The summed E-state index contributed by atoms with van der Waals surface area (Å²) < 4.78 is 33.4. The summed E-state index contributed by atoms with van der Waals surface area (Å²) >= 11 is 0. The van der Waals surface area contributed by atoms with E-state index in [4.69, 9.17) is 4.74 Å². The molecule has 3 rings (SSSR count). The second kappa shape index (κ2) is 7.21. The molecule has 1 fully saturated rings. The van der Waals surface area contributed by atoms with Crippen molar-refractivity contribution in [2.45, 2.75) is 44.2 Å². The smallest absolute Gasteiger partial charge is 0.410 e. The molecule has 0 radical (unpaired) electrons. The van der Waals surface area contributed by atoms with Crippen LogP contribution in [0.2, 0.25) is 0 Å². The van der Waals surface area contributed by atoms with Crippen LogP contribution in [-0.2, 0) is 14.8 Å². The molecular formula is C19H25N3O5S. The van der Waals surface area contributed by atoms with E-state index < -0.39 is 27.8 Å².